The van der Waals surface area contributed by atoms with Gasteiger partial charge in [-0.3, -0.25) is 14.2 Å². The van der Waals surface area contributed by atoms with Crippen LogP contribution in [0.1, 0.15) is 58.3 Å². The summed E-state index contributed by atoms with van der Waals surface area (Å²) in [4.78, 5) is 33.0. The molecule has 0 aliphatic heterocycles. The Bertz CT molecular complexity index is 1150. The smallest absolute Gasteiger partial charge is 0.266 e. The molecule has 0 fully saturated rings. The summed E-state index contributed by atoms with van der Waals surface area (Å²) in [7, 11) is 0. The van der Waals surface area contributed by atoms with Crippen LogP contribution in [0.3, 0.4) is 0 Å². The van der Waals surface area contributed by atoms with Crippen LogP contribution in [-0.2, 0) is 4.79 Å². The number of rotatable bonds is 8. The molecule has 2 aromatic carbocycles. The van der Waals surface area contributed by atoms with Gasteiger partial charge in [-0.05, 0) is 50.1 Å². The summed E-state index contributed by atoms with van der Waals surface area (Å²) < 4.78 is 15.3. The van der Waals surface area contributed by atoms with E-state index in [9.17, 15) is 14.0 Å². The van der Waals surface area contributed by atoms with Crippen LogP contribution in [0.4, 0.5) is 4.39 Å². The number of halogens is 2. The van der Waals surface area contributed by atoms with Crippen LogP contribution in [-0.4, -0.2) is 26.9 Å². The number of carbonyl (C=O) groups is 1. The van der Waals surface area contributed by atoms with E-state index in [1.165, 1.54) is 22.8 Å². The molecular formula is C24H27ClFN3O2. The van der Waals surface area contributed by atoms with E-state index in [2.05, 4.69) is 0 Å². The second-order valence-corrected chi connectivity index (χ2v) is 7.84. The highest BCUT2D eigenvalue weighted by molar-refractivity contribution is 6.30. The molecule has 31 heavy (non-hydrogen) atoms. The van der Waals surface area contributed by atoms with Crippen molar-refractivity contribution in [2.75, 3.05) is 6.54 Å². The van der Waals surface area contributed by atoms with E-state index < -0.39 is 11.9 Å². The first-order valence-electron chi connectivity index (χ1n) is 10.7. The number of carbonyl (C=O) groups excluding carboxylic acids is 1. The van der Waals surface area contributed by atoms with Gasteiger partial charge in [-0.1, -0.05) is 44.0 Å². The Morgan fingerprint density at radius 3 is 2.58 bits per heavy atom. The zero-order valence-electron chi connectivity index (χ0n) is 18.1. The lowest BCUT2D eigenvalue weighted by Gasteiger charge is -2.31. The Kier molecular flexibility index (Phi) is 7.44. The molecule has 0 aliphatic carbocycles. The molecule has 0 saturated carbocycles. The number of benzene rings is 2. The van der Waals surface area contributed by atoms with E-state index in [4.69, 9.17) is 16.6 Å². The number of nitrogens with zero attached hydrogens (tertiary/aromatic N) is 3. The molecule has 1 aromatic heterocycles. The van der Waals surface area contributed by atoms with Gasteiger partial charge >= 0.3 is 0 Å². The van der Waals surface area contributed by atoms with Gasteiger partial charge in [-0.25, -0.2) is 9.37 Å². The third-order valence-electron chi connectivity index (χ3n) is 5.43. The molecule has 7 heteroatoms. The van der Waals surface area contributed by atoms with Crippen LogP contribution in [0, 0.1) is 5.82 Å². The predicted octanol–water partition coefficient (Wildman–Crippen LogP) is 5.67. The fourth-order valence-electron chi connectivity index (χ4n) is 3.83. The second kappa shape index (κ2) is 10.1. The summed E-state index contributed by atoms with van der Waals surface area (Å²) in [6, 6.07) is 10.8. The molecule has 0 bridgehead atoms. The lowest BCUT2D eigenvalue weighted by Crippen LogP contribution is -2.38. The van der Waals surface area contributed by atoms with Crippen LogP contribution in [0.2, 0.25) is 5.02 Å². The Morgan fingerprint density at radius 2 is 1.94 bits per heavy atom. The summed E-state index contributed by atoms with van der Waals surface area (Å²) in [5.74, 6) is -0.0893. The van der Waals surface area contributed by atoms with Gasteiger partial charge in [0, 0.05) is 13.0 Å². The lowest BCUT2D eigenvalue weighted by molar-refractivity contribution is -0.133. The molecule has 164 valence electrons. The maximum Gasteiger partial charge on any atom is 0.266 e. The van der Waals surface area contributed by atoms with Crippen molar-refractivity contribution in [2.24, 2.45) is 0 Å². The first kappa shape index (κ1) is 22.9. The molecule has 1 heterocycles. The van der Waals surface area contributed by atoms with Gasteiger partial charge in [0.1, 0.15) is 11.6 Å². The van der Waals surface area contributed by atoms with Crippen molar-refractivity contribution in [3.63, 3.8) is 0 Å². The van der Waals surface area contributed by atoms with E-state index in [1.54, 1.807) is 23.1 Å². The number of fused-ring (bicyclic) bond motifs is 1. The van der Waals surface area contributed by atoms with Gasteiger partial charge < -0.3 is 4.90 Å². The molecule has 0 saturated heterocycles. The third-order valence-corrected chi connectivity index (χ3v) is 5.72. The van der Waals surface area contributed by atoms with Crippen molar-refractivity contribution in [2.45, 2.75) is 52.5 Å². The molecular weight excluding hydrogens is 417 g/mol. The van der Waals surface area contributed by atoms with Crippen LogP contribution in [0.25, 0.3) is 16.6 Å². The van der Waals surface area contributed by atoms with Crippen molar-refractivity contribution in [3.8, 4) is 5.69 Å². The molecule has 0 N–H and O–H groups in total. The highest BCUT2D eigenvalue weighted by atomic mass is 35.5. The van der Waals surface area contributed by atoms with Crippen molar-refractivity contribution in [1.82, 2.24) is 14.5 Å². The van der Waals surface area contributed by atoms with Crippen molar-refractivity contribution in [1.29, 1.82) is 0 Å². The van der Waals surface area contributed by atoms with Gasteiger partial charge in [0.25, 0.3) is 5.56 Å². The fourth-order valence-corrected chi connectivity index (χ4v) is 4.01. The Balaban J connectivity index is 2.27. The highest BCUT2D eigenvalue weighted by Gasteiger charge is 2.28. The normalized spacial score (nSPS) is 12.2. The maximum absolute atomic E-state index is 13.8. The van der Waals surface area contributed by atoms with Crippen LogP contribution in [0.5, 0.6) is 0 Å². The number of amides is 1. The fraction of sp³-hybridized carbons (Fsp3) is 0.375. The number of para-hydroxylation sites is 1. The molecule has 1 atom stereocenters. The molecule has 3 rings (SSSR count). The van der Waals surface area contributed by atoms with Crippen LogP contribution >= 0.6 is 11.6 Å². The van der Waals surface area contributed by atoms with Gasteiger partial charge in [0.05, 0.1) is 27.7 Å². The molecule has 0 radical (unpaired) electrons. The van der Waals surface area contributed by atoms with Gasteiger partial charge in [-0.15, -0.1) is 0 Å². The minimum Gasteiger partial charge on any atom is -0.333 e. The topological polar surface area (TPSA) is 55.2 Å². The Hall–Kier alpha value is -2.73. The van der Waals surface area contributed by atoms with E-state index in [0.717, 1.165) is 12.8 Å². The molecule has 0 aliphatic rings. The monoisotopic (exact) mass is 443 g/mol. The first-order valence-corrected chi connectivity index (χ1v) is 11.1. The first-order chi connectivity index (χ1) is 14.9. The number of hydrogen-bond acceptors (Lipinski definition) is 3. The van der Waals surface area contributed by atoms with E-state index >= 15 is 0 Å². The largest absolute Gasteiger partial charge is 0.333 e. The number of aromatic nitrogens is 2. The molecule has 5 nitrogen and oxygen atoms in total. The van der Waals surface area contributed by atoms with E-state index in [0.29, 0.717) is 41.8 Å². The van der Waals surface area contributed by atoms with Crippen molar-refractivity contribution >= 4 is 28.4 Å². The van der Waals surface area contributed by atoms with E-state index in [1.807, 2.05) is 26.8 Å². The van der Waals surface area contributed by atoms with Crippen molar-refractivity contribution in [3.05, 3.63) is 69.5 Å². The molecule has 0 spiro atoms. The quantitative estimate of drug-likeness (QED) is 0.450. The van der Waals surface area contributed by atoms with Crippen LogP contribution < -0.4 is 5.56 Å². The summed E-state index contributed by atoms with van der Waals surface area (Å²) in [6.07, 6.45) is 2.75. The highest BCUT2D eigenvalue weighted by Crippen LogP contribution is 2.28. The number of unbranched alkanes of at least 4 members (excludes halogenated alkanes) is 1. The zero-order valence-corrected chi connectivity index (χ0v) is 18.8. The number of hydrogen-bond donors (Lipinski definition) is 0. The van der Waals surface area contributed by atoms with Gasteiger partial charge in [-0.2, -0.15) is 0 Å². The van der Waals surface area contributed by atoms with Gasteiger partial charge in [0.2, 0.25) is 5.91 Å². The Labute approximate surface area is 186 Å². The summed E-state index contributed by atoms with van der Waals surface area (Å²) in [6.45, 7) is 6.42. The van der Waals surface area contributed by atoms with E-state index in [-0.39, 0.29) is 16.5 Å². The minimum absolute atomic E-state index is 0.0299. The lowest BCUT2D eigenvalue weighted by atomic mass is 10.1. The summed E-state index contributed by atoms with van der Waals surface area (Å²) in [5, 5.41) is 0.366. The summed E-state index contributed by atoms with van der Waals surface area (Å²) in [5.41, 5.74) is 0.696. The average Bonchev–Trinajstić information content (AvgIpc) is 2.77. The predicted molar refractivity (Wildman–Crippen MR) is 122 cm³/mol. The maximum atomic E-state index is 13.8. The minimum atomic E-state index is -0.564. The third kappa shape index (κ3) is 4.64. The summed E-state index contributed by atoms with van der Waals surface area (Å²) >= 11 is 6.02. The molecule has 1 amide bonds. The SMILES string of the molecule is CCCCC(=O)N(CC)C(CC)c1nc2ccccc2c(=O)n1-c1ccc(F)c(Cl)c1. The second-order valence-electron chi connectivity index (χ2n) is 7.43. The van der Waals surface area contributed by atoms with Gasteiger partial charge in [0.15, 0.2) is 0 Å². The zero-order chi connectivity index (χ0) is 22.5. The molecule has 3 aromatic rings. The standard InChI is InChI=1S/C24H27ClFN3O2/c1-4-7-12-22(30)28(6-3)21(5-2)23-27-20-11-9-8-10-17(20)24(31)29(23)16-13-14-19(26)18(25)15-16/h8-11,13-15,21H,4-7,12H2,1-3H3. The Morgan fingerprint density at radius 1 is 1.19 bits per heavy atom. The van der Waals surface area contributed by atoms with Crippen LogP contribution in [0.15, 0.2) is 47.3 Å². The van der Waals surface area contributed by atoms with Crippen molar-refractivity contribution < 1.29 is 9.18 Å². The average molecular weight is 444 g/mol. The molecule has 1 unspecified atom stereocenters.